The summed E-state index contributed by atoms with van der Waals surface area (Å²) in [4.78, 5) is 4.47. The van der Waals surface area contributed by atoms with Crippen molar-refractivity contribution in [2.45, 2.75) is 37.5 Å². The summed E-state index contributed by atoms with van der Waals surface area (Å²) in [5.74, 6) is 1.42. The molecule has 0 amide bonds. The predicted molar refractivity (Wildman–Crippen MR) is 69.3 cm³/mol. The van der Waals surface area contributed by atoms with E-state index in [0.717, 1.165) is 23.4 Å². The normalized spacial score (nSPS) is 18.9. The van der Waals surface area contributed by atoms with Crippen LogP contribution in [0.25, 0.3) is 11.1 Å². The van der Waals surface area contributed by atoms with Crippen molar-refractivity contribution in [2.24, 2.45) is 5.92 Å². The second-order valence-corrected chi connectivity index (χ2v) is 5.40. The van der Waals surface area contributed by atoms with Gasteiger partial charge in [0.2, 0.25) is 0 Å². The summed E-state index contributed by atoms with van der Waals surface area (Å²) in [5.41, 5.74) is 1.79. The van der Waals surface area contributed by atoms with Gasteiger partial charge in [-0.25, -0.2) is 4.98 Å². The number of hydrogen-bond acceptors (Lipinski definition) is 2. The van der Waals surface area contributed by atoms with Crippen LogP contribution in [0.1, 0.15) is 31.6 Å². The molecule has 90 valence electrons. The van der Waals surface area contributed by atoms with Crippen molar-refractivity contribution in [3.8, 4) is 0 Å². The first kappa shape index (κ1) is 11.1. The molecule has 1 aromatic heterocycles. The van der Waals surface area contributed by atoms with E-state index in [4.69, 9.17) is 16.0 Å². The van der Waals surface area contributed by atoms with E-state index in [-0.39, 0.29) is 5.38 Å². The third kappa shape index (κ3) is 2.32. The third-order valence-corrected chi connectivity index (χ3v) is 4.13. The zero-order chi connectivity index (χ0) is 11.7. The minimum absolute atomic E-state index is 0.172. The van der Waals surface area contributed by atoms with Crippen LogP contribution < -0.4 is 0 Å². The Bertz CT molecular complexity index is 469. The lowest BCUT2D eigenvalue weighted by molar-refractivity contribution is 0.458. The van der Waals surface area contributed by atoms with Gasteiger partial charge in [0.25, 0.3) is 0 Å². The molecule has 0 spiro atoms. The maximum Gasteiger partial charge on any atom is 0.196 e. The second-order valence-electron chi connectivity index (χ2n) is 4.84. The molecule has 1 unspecified atom stereocenters. The van der Waals surface area contributed by atoms with E-state index in [1.54, 1.807) is 0 Å². The minimum atomic E-state index is 0.172. The Kier molecular flexibility index (Phi) is 3.06. The standard InChI is InChI=1S/C14H16ClNO/c15-11(10-5-1-2-6-10)9-14-16-12-7-3-4-8-13(12)17-14/h3-4,7-8,10-11H,1-2,5-6,9H2. The van der Waals surface area contributed by atoms with E-state index in [2.05, 4.69) is 4.98 Å². The molecule has 3 rings (SSSR count). The number of halogens is 1. The maximum absolute atomic E-state index is 6.45. The molecular weight excluding hydrogens is 234 g/mol. The van der Waals surface area contributed by atoms with Gasteiger partial charge in [0.1, 0.15) is 5.52 Å². The molecule has 0 aliphatic heterocycles. The fourth-order valence-corrected chi connectivity index (χ4v) is 3.04. The van der Waals surface area contributed by atoms with Gasteiger partial charge in [0, 0.05) is 11.8 Å². The van der Waals surface area contributed by atoms with Crippen molar-refractivity contribution in [2.75, 3.05) is 0 Å². The first-order chi connectivity index (χ1) is 8.33. The van der Waals surface area contributed by atoms with Crippen LogP contribution >= 0.6 is 11.6 Å². The quantitative estimate of drug-likeness (QED) is 0.763. The van der Waals surface area contributed by atoms with E-state index < -0.39 is 0 Å². The lowest BCUT2D eigenvalue weighted by atomic mass is 10.0. The second kappa shape index (κ2) is 4.69. The van der Waals surface area contributed by atoms with E-state index in [1.807, 2.05) is 24.3 Å². The fourth-order valence-electron chi connectivity index (χ4n) is 2.66. The van der Waals surface area contributed by atoms with Crippen molar-refractivity contribution in [3.05, 3.63) is 30.2 Å². The van der Waals surface area contributed by atoms with Crippen LogP contribution in [0.15, 0.2) is 28.7 Å². The van der Waals surface area contributed by atoms with Gasteiger partial charge in [-0.1, -0.05) is 25.0 Å². The molecule has 1 aromatic carbocycles. The number of para-hydroxylation sites is 2. The summed E-state index contributed by atoms with van der Waals surface area (Å²) in [6.07, 6.45) is 5.91. The number of alkyl halides is 1. The summed E-state index contributed by atoms with van der Waals surface area (Å²) in [7, 11) is 0. The average Bonchev–Trinajstić information content (AvgIpc) is 2.97. The van der Waals surface area contributed by atoms with E-state index in [0.29, 0.717) is 5.92 Å². The molecule has 17 heavy (non-hydrogen) atoms. The lowest BCUT2D eigenvalue weighted by Crippen LogP contribution is -2.14. The van der Waals surface area contributed by atoms with Crippen molar-refractivity contribution in [1.82, 2.24) is 4.98 Å². The highest BCUT2D eigenvalue weighted by atomic mass is 35.5. The molecule has 1 aliphatic carbocycles. The Balaban J connectivity index is 1.75. The van der Waals surface area contributed by atoms with Crippen LogP contribution in [0.2, 0.25) is 0 Å². The molecular formula is C14H16ClNO. The van der Waals surface area contributed by atoms with Gasteiger partial charge >= 0.3 is 0 Å². The number of rotatable bonds is 3. The summed E-state index contributed by atoms with van der Waals surface area (Å²) in [6, 6.07) is 7.86. The van der Waals surface area contributed by atoms with Gasteiger partial charge in [0.05, 0.1) is 0 Å². The van der Waals surface area contributed by atoms with Crippen LogP contribution in [0.3, 0.4) is 0 Å². The molecule has 0 N–H and O–H groups in total. The Hall–Kier alpha value is -1.02. The van der Waals surface area contributed by atoms with Crippen LogP contribution in [0.5, 0.6) is 0 Å². The van der Waals surface area contributed by atoms with E-state index in [1.165, 1.54) is 25.7 Å². The molecule has 1 heterocycles. The number of fused-ring (bicyclic) bond motifs is 1. The topological polar surface area (TPSA) is 26.0 Å². The molecule has 0 bridgehead atoms. The van der Waals surface area contributed by atoms with Crippen LogP contribution in [-0.4, -0.2) is 10.4 Å². The first-order valence-corrected chi connectivity index (χ1v) is 6.75. The molecule has 1 atom stereocenters. The number of hydrogen-bond donors (Lipinski definition) is 0. The van der Waals surface area contributed by atoms with Gasteiger partial charge in [0.15, 0.2) is 11.5 Å². The molecule has 0 saturated heterocycles. The summed E-state index contributed by atoms with van der Waals surface area (Å²) < 4.78 is 5.70. The molecule has 1 aliphatic rings. The van der Waals surface area contributed by atoms with Crippen molar-refractivity contribution >= 4 is 22.7 Å². The van der Waals surface area contributed by atoms with Crippen molar-refractivity contribution < 1.29 is 4.42 Å². The Labute approximate surface area is 106 Å². The lowest BCUT2D eigenvalue weighted by Gasteiger charge is -2.14. The SMILES string of the molecule is ClC(Cc1nc2ccccc2o1)C1CCCC1. The molecule has 2 aromatic rings. The highest BCUT2D eigenvalue weighted by Gasteiger charge is 2.24. The monoisotopic (exact) mass is 249 g/mol. The van der Waals surface area contributed by atoms with Crippen LogP contribution in [0, 0.1) is 5.92 Å². The first-order valence-electron chi connectivity index (χ1n) is 6.31. The van der Waals surface area contributed by atoms with E-state index in [9.17, 15) is 0 Å². The zero-order valence-electron chi connectivity index (χ0n) is 9.73. The van der Waals surface area contributed by atoms with E-state index >= 15 is 0 Å². The molecule has 0 radical (unpaired) electrons. The van der Waals surface area contributed by atoms with Gasteiger partial charge in [-0.2, -0.15) is 0 Å². The van der Waals surface area contributed by atoms with Crippen LogP contribution in [-0.2, 0) is 6.42 Å². The minimum Gasteiger partial charge on any atom is -0.441 e. The molecule has 3 heteroatoms. The number of nitrogens with zero attached hydrogens (tertiary/aromatic N) is 1. The highest BCUT2D eigenvalue weighted by Crippen LogP contribution is 2.32. The fraction of sp³-hybridized carbons (Fsp3) is 0.500. The maximum atomic E-state index is 6.45. The van der Waals surface area contributed by atoms with Crippen molar-refractivity contribution in [1.29, 1.82) is 0 Å². The number of aromatic nitrogens is 1. The Morgan fingerprint density at radius 2 is 2.06 bits per heavy atom. The molecule has 2 nitrogen and oxygen atoms in total. The molecule has 1 saturated carbocycles. The van der Waals surface area contributed by atoms with Gasteiger partial charge in [-0.15, -0.1) is 11.6 Å². The smallest absolute Gasteiger partial charge is 0.196 e. The number of benzene rings is 1. The summed E-state index contributed by atoms with van der Waals surface area (Å²) in [6.45, 7) is 0. The third-order valence-electron chi connectivity index (χ3n) is 3.62. The summed E-state index contributed by atoms with van der Waals surface area (Å²) >= 11 is 6.45. The van der Waals surface area contributed by atoms with Crippen molar-refractivity contribution in [3.63, 3.8) is 0 Å². The van der Waals surface area contributed by atoms with Gasteiger partial charge in [-0.05, 0) is 30.9 Å². The molecule has 1 fully saturated rings. The average molecular weight is 250 g/mol. The zero-order valence-corrected chi connectivity index (χ0v) is 10.5. The van der Waals surface area contributed by atoms with Crippen LogP contribution in [0.4, 0.5) is 0 Å². The number of oxazole rings is 1. The Morgan fingerprint density at radius 1 is 1.29 bits per heavy atom. The summed E-state index contributed by atoms with van der Waals surface area (Å²) in [5, 5.41) is 0.172. The van der Waals surface area contributed by atoms with Gasteiger partial charge in [-0.3, -0.25) is 0 Å². The largest absolute Gasteiger partial charge is 0.441 e. The Morgan fingerprint density at radius 3 is 2.82 bits per heavy atom. The van der Waals surface area contributed by atoms with Gasteiger partial charge < -0.3 is 4.42 Å². The predicted octanol–water partition coefficient (Wildman–Crippen LogP) is 4.17. The highest BCUT2D eigenvalue weighted by molar-refractivity contribution is 6.20.